The standard InChI is InChI=1S/C19H24N2/c1-15-11-12-17-9-5-6-10-19(17)21(15)14-18(20)13-16-7-3-2-4-8-16/h2-10,15,18H,11-14,20H2,1H3. The van der Waals surface area contributed by atoms with Crippen LogP contribution in [-0.2, 0) is 12.8 Å². The van der Waals surface area contributed by atoms with Crippen molar-refractivity contribution in [1.82, 2.24) is 0 Å². The van der Waals surface area contributed by atoms with Crippen LogP contribution in [0, 0.1) is 0 Å². The molecule has 0 radical (unpaired) electrons. The monoisotopic (exact) mass is 280 g/mol. The highest BCUT2D eigenvalue weighted by atomic mass is 15.2. The summed E-state index contributed by atoms with van der Waals surface area (Å²) in [5.74, 6) is 0. The van der Waals surface area contributed by atoms with Crippen molar-refractivity contribution in [2.75, 3.05) is 11.4 Å². The van der Waals surface area contributed by atoms with Gasteiger partial charge < -0.3 is 10.6 Å². The molecular weight excluding hydrogens is 256 g/mol. The number of benzene rings is 2. The number of fused-ring (bicyclic) bond motifs is 1. The highest BCUT2D eigenvalue weighted by Gasteiger charge is 2.24. The molecule has 2 aromatic carbocycles. The lowest BCUT2D eigenvalue weighted by Crippen LogP contribution is -2.45. The second kappa shape index (κ2) is 6.31. The van der Waals surface area contributed by atoms with Crippen molar-refractivity contribution >= 4 is 5.69 Å². The summed E-state index contributed by atoms with van der Waals surface area (Å²) in [4.78, 5) is 2.49. The van der Waals surface area contributed by atoms with Gasteiger partial charge >= 0.3 is 0 Å². The molecular formula is C19H24N2. The number of para-hydroxylation sites is 1. The molecule has 2 aromatic rings. The first-order valence-corrected chi connectivity index (χ1v) is 7.88. The molecule has 2 unspecified atom stereocenters. The van der Waals surface area contributed by atoms with Gasteiger partial charge in [-0.25, -0.2) is 0 Å². The first-order valence-electron chi connectivity index (χ1n) is 7.88. The number of nitrogens with zero attached hydrogens (tertiary/aromatic N) is 1. The normalized spacial score (nSPS) is 19.1. The van der Waals surface area contributed by atoms with Crippen LogP contribution in [0.5, 0.6) is 0 Å². The van der Waals surface area contributed by atoms with Gasteiger partial charge in [0.2, 0.25) is 0 Å². The number of hydrogen-bond donors (Lipinski definition) is 1. The average molecular weight is 280 g/mol. The van der Waals surface area contributed by atoms with Crippen LogP contribution >= 0.6 is 0 Å². The lowest BCUT2D eigenvalue weighted by atomic mass is 9.95. The summed E-state index contributed by atoms with van der Waals surface area (Å²) in [6.07, 6.45) is 3.34. The van der Waals surface area contributed by atoms with Gasteiger partial charge in [-0.15, -0.1) is 0 Å². The van der Waals surface area contributed by atoms with Crippen molar-refractivity contribution in [2.24, 2.45) is 5.73 Å². The summed E-state index contributed by atoms with van der Waals surface area (Å²) in [5.41, 5.74) is 10.6. The van der Waals surface area contributed by atoms with Crippen LogP contribution in [0.4, 0.5) is 5.69 Å². The molecule has 2 heteroatoms. The predicted molar refractivity (Wildman–Crippen MR) is 89.7 cm³/mol. The van der Waals surface area contributed by atoms with E-state index in [4.69, 9.17) is 5.73 Å². The Bertz CT molecular complexity index is 579. The molecule has 0 aromatic heterocycles. The lowest BCUT2D eigenvalue weighted by Gasteiger charge is -2.38. The summed E-state index contributed by atoms with van der Waals surface area (Å²) in [7, 11) is 0. The largest absolute Gasteiger partial charge is 0.367 e. The maximum absolute atomic E-state index is 6.41. The molecule has 0 spiro atoms. The van der Waals surface area contributed by atoms with Crippen molar-refractivity contribution in [2.45, 2.75) is 38.3 Å². The van der Waals surface area contributed by atoms with E-state index >= 15 is 0 Å². The van der Waals surface area contributed by atoms with E-state index in [9.17, 15) is 0 Å². The fourth-order valence-electron chi connectivity index (χ4n) is 3.27. The summed E-state index contributed by atoms with van der Waals surface area (Å²) < 4.78 is 0. The Kier molecular flexibility index (Phi) is 4.26. The molecule has 2 atom stereocenters. The molecule has 3 rings (SSSR count). The van der Waals surface area contributed by atoms with E-state index in [1.165, 1.54) is 29.7 Å². The Hall–Kier alpha value is -1.80. The first kappa shape index (κ1) is 14.2. The quantitative estimate of drug-likeness (QED) is 0.930. The maximum Gasteiger partial charge on any atom is 0.0401 e. The highest BCUT2D eigenvalue weighted by Crippen LogP contribution is 2.30. The molecule has 1 aliphatic heterocycles. The van der Waals surface area contributed by atoms with E-state index in [1.807, 2.05) is 0 Å². The predicted octanol–water partition coefficient (Wildman–Crippen LogP) is 3.40. The van der Waals surface area contributed by atoms with Crippen molar-refractivity contribution in [3.8, 4) is 0 Å². The minimum Gasteiger partial charge on any atom is -0.367 e. The van der Waals surface area contributed by atoms with Gasteiger partial charge in [-0.3, -0.25) is 0 Å². The number of anilines is 1. The lowest BCUT2D eigenvalue weighted by molar-refractivity contribution is 0.523. The van der Waals surface area contributed by atoms with Gasteiger partial charge in [0.15, 0.2) is 0 Å². The molecule has 0 saturated carbocycles. The van der Waals surface area contributed by atoms with Gasteiger partial charge in [0.05, 0.1) is 0 Å². The Labute approximate surface area is 127 Å². The molecule has 110 valence electrons. The second-order valence-electron chi connectivity index (χ2n) is 6.12. The Morgan fingerprint density at radius 3 is 2.62 bits per heavy atom. The molecule has 2 nitrogen and oxygen atoms in total. The third-order valence-electron chi connectivity index (χ3n) is 4.44. The topological polar surface area (TPSA) is 29.3 Å². The molecule has 2 N–H and O–H groups in total. The zero-order valence-electron chi connectivity index (χ0n) is 12.7. The zero-order chi connectivity index (χ0) is 14.7. The molecule has 1 heterocycles. The van der Waals surface area contributed by atoms with Crippen LogP contribution in [0.2, 0.25) is 0 Å². The minimum atomic E-state index is 0.168. The molecule has 21 heavy (non-hydrogen) atoms. The first-order chi connectivity index (χ1) is 10.2. The Morgan fingerprint density at radius 2 is 1.81 bits per heavy atom. The van der Waals surface area contributed by atoms with Crippen LogP contribution in [0.15, 0.2) is 54.6 Å². The maximum atomic E-state index is 6.41. The third kappa shape index (κ3) is 3.27. The van der Waals surface area contributed by atoms with E-state index in [2.05, 4.69) is 66.4 Å². The Morgan fingerprint density at radius 1 is 1.10 bits per heavy atom. The molecule has 1 aliphatic rings. The molecule has 0 aliphatic carbocycles. The minimum absolute atomic E-state index is 0.168. The van der Waals surface area contributed by atoms with Gasteiger partial charge in [-0.05, 0) is 43.4 Å². The van der Waals surface area contributed by atoms with Gasteiger partial charge in [0.25, 0.3) is 0 Å². The van der Waals surface area contributed by atoms with E-state index in [-0.39, 0.29) is 6.04 Å². The fourth-order valence-corrected chi connectivity index (χ4v) is 3.27. The van der Waals surface area contributed by atoms with Gasteiger partial charge in [-0.1, -0.05) is 48.5 Å². The summed E-state index contributed by atoms with van der Waals surface area (Å²) in [5, 5.41) is 0. The number of nitrogens with two attached hydrogens (primary N) is 1. The van der Waals surface area contributed by atoms with E-state index < -0.39 is 0 Å². The Balaban J connectivity index is 1.72. The van der Waals surface area contributed by atoms with Crippen molar-refractivity contribution in [3.05, 3.63) is 65.7 Å². The SMILES string of the molecule is CC1CCc2ccccc2N1CC(N)Cc1ccccc1. The summed E-state index contributed by atoms with van der Waals surface area (Å²) >= 11 is 0. The van der Waals surface area contributed by atoms with Crippen LogP contribution in [-0.4, -0.2) is 18.6 Å². The van der Waals surface area contributed by atoms with E-state index in [0.29, 0.717) is 6.04 Å². The average Bonchev–Trinajstić information content (AvgIpc) is 2.51. The van der Waals surface area contributed by atoms with Crippen LogP contribution in [0.25, 0.3) is 0 Å². The van der Waals surface area contributed by atoms with Gasteiger partial charge in [0, 0.05) is 24.3 Å². The van der Waals surface area contributed by atoms with Crippen molar-refractivity contribution in [3.63, 3.8) is 0 Å². The third-order valence-corrected chi connectivity index (χ3v) is 4.44. The van der Waals surface area contributed by atoms with Gasteiger partial charge in [-0.2, -0.15) is 0 Å². The van der Waals surface area contributed by atoms with Gasteiger partial charge in [0.1, 0.15) is 0 Å². The molecule has 0 saturated heterocycles. The highest BCUT2D eigenvalue weighted by molar-refractivity contribution is 5.56. The summed E-state index contributed by atoms with van der Waals surface area (Å²) in [6, 6.07) is 20.0. The molecule has 0 fully saturated rings. The summed E-state index contributed by atoms with van der Waals surface area (Å²) in [6.45, 7) is 3.23. The smallest absolute Gasteiger partial charge is 0.0401 e. The zero-order valence-corrected chi connectivity index (χ0v) is 12.7. The van der Waals surface area contributed by atoms with Crippen LogP contribution in [0.3, 0.4) is 0 Å². The number of rotatable bonds is 4. The molecule has 0 amide bonds. The van der Waals surface area contributed by atoms with Crippen molar-refractivity contribution < 1.29 is 0 Å². The fraction of sp³-hybridized carbons (Fsp3) is 0.368. The number of hydrogen-bond acceptors (Lipinski definition) is 2. The number of aryl methyl sites for hydroxylation is 1. The van der Waals surface area contributed by atoms with Crippen LogP contribution < -0.4 is 10.6 Å². The van der Waals surface area contributed by atoms with Crippen LogP contribution in [0.1, 0.15) is 24.5 Å². The van der Waals surface area contributed by atoms with Crippen molar-refractivity contribution in [1.29, 1.82) is 0 Å². The van der Waals surface area contributed by atoms with E-state index in [0.717, 1.165) is 13.0 Å². The van der Waals surface area contributed by atoms with E-state index in [1.54, 1.807) is 0 Å². The molecule has 0 bridgehead atoms. The second-order valence-corrected chi connectivity index (χ2v) is 6.12.